The summed E-state index contributed by atoms with van der Waals surface area (Å²) >= 11 is 0. The largest absolute Gasteiger partial charge is 0.481 e. The number of carboxylic acids is 1. The van der Waals surface area contributed by atoms with Crippen molar-refractivity contribution in [3.05, 3.63) is 0 Å². The van der Waals surface area contributed by atoms with Crippen molar-refractivity contribution in [1.29, 1.82) is 0 Å². The Morgan fingerprint density at radius 1 is 1.26 bits per heavy atom. The minimum absolute atomic E-state index is 0.199. The zero-order valence-electron chi connectivity index (χ0n) is 11.9. The Bertz CT molecular complexity index is 336. The van der Waals surface area contributed by atoms with Gasteiger partial charge in [-0.1, -0.05) is 0 Å². The van der Waals surface area contributed by atoms with Crippen molar-refractivity contribution in [3.8, 4) is 0 Å². The van der Waals surface area contributed by atoms with E-state index in [4.69, 9.17) is 14.6 Å². The molecule has 1 saturated carbocycles. The van der Waals surface area contributed by atoms with Crippen molar-refractivity contribution in [2.45, 2.75) is 57.8 Å². The average Bonchev–Trinajstić information content (AvgIpc) is 2.26. The Labute approximate surface area is 113 Å². The molecule has 1 aliphatic rings. The number of alkyl carbamates (subject to hydrolysis) is 1. The molecule has 0 aromatic carbocycles. The molecule has 0 aromatic rings. The first kappa shape index (κ1) is 15.8. The number of hydrogen-bond acceptors (Lipinski definition) is 4. The van der Waals surface area contributed by atoms with E-state index in [1.54, 1.807) is 20.8 Å². The van der Waals surface area contributed by atoms with Gasteiger partial charge in [-0.3, -0.25) is 4.79 Å². The van der Waals surface area contributed by atoms with Crippen LogP contribution in [-0.2, 0) is 14.3 Å². The predicted octanol–water partition coefficient (Wildman–Crippen LogP) is 1.78. The molecule has 6 heteroatoms. The van der Waals surface area contributed by atoms with Crippen LogP contribution in [0.15, 0.2) is 0 Å². The van der Waals surface area contributed by atoms with Crippen molar-refractivity contribution >= 4 is 12.1 Å². The van der Waals surface area contributed by atoms with Gasteiger partial charge >= 0.3 is 12.1 Å². The van der Waals surface area contributed by atoms with Gasteiger partial charge < -0.3 is 19.9 Å². The highest BCUT2D eigenvalue weighted by Crippen LogP contribution is 2.27. The SMILES string of the molecule is CO[C@H]1C[C@@H](C(=O)O)CC[C@@H]1NC(=O)OC(C)(C)C. The molecule has 1 aliphatic carbocycles. The third-order valence-electron chi connectivity index (χ3n) is 3.15. The first-order chi connectivity index (χ1) is 8.73. The molecule has 3 atom stereocenters. The van der Waals surface area contributed by atoms with E-state index in [9.17, 15) is 9.59 Å². The summed E-state index contributed by atoms with van der Waals surface area (Å²) < 4.78 is 10.5. The molecule has 1 fully saturated rings. The zero-order chi connectivity index (χ0) is 14.6. The van der Waals surface area contributed by atoms with Gasteiger partial charge in [0.05, 0.1) is 18.1 Å². The molecule has 0 radical (unpaired) electrons. The molecule has 19 heavy (non-hydrogen) atoms. The minimum Gasteiger partial charge on any atom is -0.481 e. The van der Waals surface area contributed by atoms with Crippen molar-refractivity contribution in [3.63, 3.8) is 0 Å². The molecule has 1 rings (SSSR count). The maximum absolute atomic E-state index is 11.7. The number of methoxy groups -OCH3 is 1. The fourth-order valence-electron chi connectivity index (χ4n) is 2.24. The molecule has 2 N–H and O–H groups in total. The second-order valence-corrected chi connectivity index (χ2v) is 5.88. The van der Waals surface area contributed by atoms with Crippen LogP contribution in [0.4, 0.5) is 4.79 Å². The van der Waals surface area contributed by atoms with Gasteiger partial charge in [-0.2, -0.15) is 0 Å². The third-order valence-corrected chi connectivity index (χ3v) is 3.15. The Balaban J connectivity index is 2.54. The van der Waals surface area contributed by atoms with Gasteiger partial charge in [0.15, 0.2) is 0 Å². The van der Waals surface area contributed by atoms with Crippen molar-refractivity contribution in [1.82, 2.24) is 5.32 Å². The van der Waals surface area contributed by atoms with Gasteiger partial charge in [-0.25, -0.2) is 4.79 Å². The summed E-state index contributed by atoms with van der Waals surface area (Å²) in [5.41, 5.74) is -0.551. The average molecular weight is 273 g/mol. The first-order valence-electron chi connectivity index (χ1n) is 6.48. The molecule has 0 aliphatic heterocycles. The number of nitrogens with one attached hydrogen (secondary N) is 1. The Hall–Kier alpha value is -1.30. The van der Waals surface area contributed by atoms with Gasteiger partial charge in [-0.15, -0.1) is 0 Å². The van der Waals surface area contributed by atoms with Crippen LogP contribution < -0.4 is 5.32 Å². The molecule has 0 bridgehead atoms. The lowest BCUT2D eigenvalue weighted by Gasteiger charge is -2.34. The molecule has 0 unspecified atom stereocenters. The van der Waals surface area contributed by atoms with Gasteiger partial charge in [0.25, 0.3) is 0 Å². The number of hydrogen-bond donors (Lipinski definition) is 2. The maximum Gasteiger partial charge on any atom is 0.407 e. The second kappa shape index (κ2) is 6.23. The summed E-state index contributed by atoms with van der Waals surface area (Å²) in [4.78, 5) is 22.7. The minimum atomic E-state index is -0.808. The summed E-state index contributed by atoms with van der Waals surface area (Å²) in [6.07, 6.45) is 0.743. The van der Waals surface area contributed by atoms with Crippen molar-refractivity contribution in [2.75, 3.05) is 7.11 Å². The predicted molar refractivity (Wildman–Crippen MR) is 68.9 cm³/mol. The van der Waals surface area contributed by atoms with Crippen LogP contribution in [-0.4, -0.2) is 42.0 Å². The lowest BCUT2D eigenvalue weighted by molar-refractivity contribution is -0.144. The summed E-state index contributed by atoms with van der Waals surface area (Å²) in [6.45, 7) is 5.38. The number of carbonyl (C=O) groups is 2. The van der Waals surface area contributed by atoms with Gasteiger partial charge in [-0.05, 0) is 40.0 Å². The van der Waals surface area contributed by atoms with Crippen LogP contribution in [0.3, 0.4) is 0 Å². The van der Waals surface area contributed by atoms with Gasteiger partial charge in [0, 0.05) is 7.11 Å². The summed E-state index contributed by atoms with van der Waals surface area (Å²) in [5.74, 6) is -1.21. The fraction of sp³-hybridized carbons (Fsp3) is 0.846. The smallest absolute Gasteiger partial charge is 0.407 e. The number of ether oxygens (including phenoxy) is 2. The number of carboxylic acid groups (broad SMARTS) is 1. The van der Waals surface area contributed by atoms with E-state index in [1.807, 2.05) is 0 Å². The molecule has 6 nitrogen and oxygen atoms in total. The van der Waals surface area contributed by atoms with E-state index >= 15 is 0 Å². The van der Waals surface area contributed by atoms with Crippen LogP contribution in [0.2, 0.25) is 0 Å². The van der Waals surface area contributed by atoms with Crippen molar-refractivity contribution < 1.29 is 24.2 Å². The van der Waals surface area contributed by atoms with E-state index in [1.165, 1.54) is 7.11 Å². The highest BCUT2D eigenvalue weighted by atomic mass is 16.6. The summed E-state index contributed by atoms with van der Waals surface area (Å²) in [7, 11) is 1.53. The number of amides is 1. The molecule has 0 spiro atoms. The molecular formula is C13H23NO5. The van der Waals surface area contributed by atoms with Crippen LogP contribution in [0.1, 0.15) is 40.0 Å². The highest BCUT2D eigenvalue weighted by Gasteiger charge is 2.35. The van der Waals surface area contributed by atoms with Crippen LogP contribution in [0.25, 0.3) is 0 Å². The van der Waals surface area contributed by atoms with E-state index in [0.717, 1.165) is 0 Å². The summed E-state index contributed by atoms with van der Waals surface area (Å²) in [5, 5.41) is 11.8. The number of aliphatic carboxylic acids is 1. The third kappa shape index (κ3) is 5.06. The highest BCUT2D eigenvalue weighted by molar-refractivity contribution is 5.70. The van der Waals surface area contributed by atoms with Crippen LogP contribution in [0.5, 0.6) is 0 Å². The molecule has 0 heterocycles. The fourth-order valence-corrected chi connectivity index (χ4v) is 2.24. The zero-order valence-corrected chi connectivity index (χ0v) is 11.9. The Morgan fingerprint density at radius 3 is 2.37 bits per heavy atom. The van der Waals surface area contributed by atoms with E-state index in [0.29, 0.717) is 19.3 Å². The van der Waals surface area contributed by atoms with E-state index in [2.05, 4.69) is 5.32 Å². The Morgan fingerprint density at radius 2 is 1.89 bits per heavy atom. The monoisotopic (exact) mass is 273 g/mol. The molecular weight excluding hydrogens is 250 g/mol. The quantitative estimate of drug-likeness (QED) is 0.818. The topological polar surface area (TPSA) is 84.9 Å². The molecule has 0 aromatic heterocycles. The van der Waals surface area contributed by atoms with Crippen LogP contribution in [0, 0.1) is 5.92 Å². The normalized spacial score (nSPS) is 27.7. The first-order valence-corrected chi connectivity index (χ1v) is 6.48. The standard InChI is InChI=1S/C13H23NO5/c1-13(2,3)19-12(17)14-9-6-5-8(11(15)16)7-10(9)18-4/h8-10H,5-7H2,1-4H3,(H,14,17)(H,15,16)/t8-,9-,10-/m0/s1. The van der Waals surface area contributed by atoms with Crippen LogP contribution >= 0.6 is 0 Å². The molecule has 1 amide bonds. The number of rotatable bonds is 3. The number of carbonyl (C=O) groups excluding carboxylic acids is 1. The van der Waals surface area contributed by atoms with E-state index < -0.39 is 23.6 Å². The Kier molecular flexibility index (Phi) is 5.17. The molecule has 0 saturated heterocycles. The van der Waals surface area contributed by atoms with Gasteiger partial charge in [0.2, 0.25) is 0 Å². The molecule has 110 valence electrons. The lowest BCUT2D eigenvalue weighted by Crippen LogP contribution is -2.49. The lowest BCUT2D eigenvalue weighted by atomic mass is 9.84. The van der Waals surface area contributed by atoms with E-state index in [-0.39, 0.29) is 12.1 Å². The summed E-state index contributed by atoms with van der Waals surface area (Å²) in [6, 6.07) is -0.199. The van der Waals surface area contributed by atoms with Crippen molar-refractivity contribution in [2.24, 2.45) is 5.92 Å². The maximum atomic E-state index is 11.7. The second-order valence-electron chi connectivity index (χ2n) is 5.88. The van der Waals surface area contributed by atoms with Gasteiger partial charge in [0.1, 0.15) is 5.60 Å².